The monoisotopic (exact) mass is 328 g/mol. The van der Waals surface area contributed by atoms with Gasteiger partial charge in [0.25, 0.3) is 5.91 Å². The van der Waals surface area contributed by atoms with Gasteiger partial charge in [0.05, 0.1) is 12.6 Å². The standard InChI is InChI=1S/C14H17ClN2O3S/c1-21-7-6-11-13(19)17(14(20)16-11)8-12(18)9-4-2-3-5-10(9)15/h2-5,11-12,18H,6-8H2,1H3,(H,16,20)/t11-,12+/m0/s1. The number of aliphatic hydroxyl groups excluding tert-OH is 1. The number of nitrogens with zero attached hydrogens (tertiary/aromatic N) is 1. The largest absolute Gasteiger partial charge is 0.386 e. The van der Waals surface area contributed by atoms with Crippen molar-refractivity contribution in [1.29, 1.82) is 0 Å². The van der Waals surface area contributed by atoms with Crippen LogP contribution in [0.1, 0.15) is 18.1 Å². The van der Waals surface area contributed by atoms with Crippen molar-refractivity contribution in [2.24, 2.45) is 0 Å². The molecule has 7 heteroatoms. The molecular weight excluding hydrogens is 312 g/mol. The van der Waals surface area contributed by atoms with Crippen molar-refractivity contribution in [3.63, 3.8) is 0 Å². The number of aliphatic hydroxyl groups is 1. The van der Waals surface area contributed by atoms with Crippen LogP contribution in [0.25, 0.3) is 0 Å². The minimum absolute atomic E-state index is 0.0931. The quantitative estimate of drug-likeness (QED) is 0.784. The highest BCUT2D eigenvalue weighted by Crippen LogP contribution is 2.24. The molecule has 1 aromatic rings. The molecule has 1 aliphatic heterocycles. The summed E-state index contributed by atoms with van der Waals surface area (Å²) in [6, 6.07) is 5.88. The third-order valence-corrected chi connectivity index (χ3v) is 4.33. The summed E-state index contributed by atoms with van der Waals surface area (Å²) in [5.74, 6) is 0.498. The molecule has 0 spiro atoms. The Morgan fingerprint density at radius 1 is 1.43 bits per heavy atom. The zero-order chi connectivity index (χ0) is 15.4. The number of imide groups is 1. The van der Waals surface area contributed by atoms with Gasteiger partial charge in [-0.1, -0.05) is 29.8 Å². The molecule has 2 N–H and O–H groups in total. The van der Waals surface area contributed by atoms with Gasteiger partial charge in [-0.15, -0.1) is 0 Å². The van der Waals surface area contributed by atoms with Gasteiger partial charge in [-0.05, 0) is 24.5 Å². The number of urea groups is 1. The number of halogens is 1. The molecule has 0 radical (unpaired) electrons. The summed E-state index contributed by atoms with van der Waals surface area (Å²) in [6.07, 6.45) is 1.54. The van der Waals surface area contributed by atoms with Crippen molar-refractivity contribution < 1.29 is 14.7 Å². The summed E-state index contributed by atoms with van der Waals surface area (Å²) in [6.45, 7) is -0.0931. The minimum Gasteiger partial charge on any atom is -0.386 e. The lowest BCUT2D eigenvalue weighted by atomic mass is 10.1. The topological polar surface area (TPSA) is 69.6 Å². The summed E-state index contributed by atoms with van der Waals surface area (Å²) in [5, 5.41) is 13.3. The Labute approximate surface area is 132 Å². The maximum atomic E-state index is 12.2. The van der Waals surface area contributed by atoms with Gasteiger partial charge in [-0.25, -0.2) is 4.79 Å². The average molecular weight is 329 g/mol. The van der Waals surface area contributed by atoms with E-state index in [0.29, 0.717) is 17.0 Å². The molecule has 1 heterocycles. The van der Waals surface area contributed by atoms with Crippen LogP contribution in [0.5, 0.6) is 0 Å². The third-order valence-electron chi connectivity index (χ3n) is 3.34. The zero-order valence-corrected chi connectivity index (χ0v) is 13.2. The Balaban J connectivity index is 2.04. The lowest BCUT2D eigenvalue weighted by molar-refractivity contribution is -0.128. The number of hydrogen-bond acceptors (Lipinski definition) is 4. The predicted molar refractivity (Wildman–Crippen MR) is 83.4 cm³/mol. The van der Waals surface area contributed by atoms with E-state index >= 15 is 0 Å². The van der Waals surface area contributed by atoms with Gasteiger partial charge in [-0.2, -0.15) is 11.8 Å². The molecule has 0 aliphatic carbocycles. The fourth-order valence-electron chi connectivity index (χ4n) is 2.20. The number of rotatable bonds is 6. The molecule has 114 valence electrons. The first-order valence-electron chi connectivity index (χ1n) is 6.58. The van der Waals surface area contributed by atoms with Crippen LogP contribution >= 0.6 is 23.4 Å². The van der Waals surface area contributed by atoms with E-state index < -0.39 is 18.2 Å². The molecule has 0 saturated carbocycles. The molecule has 0 unspecified atom stereocenters. The van der Waals surface area contributed by atoms with Crippen molar-refractivity contribution in [1.82, 2.24) is 10.2 Å². The molecule has 5 nitrogen and oxygen atoms in total. The molecule has 2 atom stereocenters. The number of hydrogen-bond donors (Lipinski definition) is 2. The number of β-amino-alcohol motifs (C(OH)–C–C–N with tert-alkyl or cyclic N) is 1. The lowest BCUT2D eigenvalue weighted by Gasteiger charge is -2.18. The second-order valence-electron chi connectivity index (χ2n) is 4.77. The van der Waals surface area contributed by atoms with Crippen LogP contribution < -0.4 is 5.32 Å². The summed E-state index contributed by atoms with van der Waals surface area (Å²) >= 11 is 7.62. The molecule has 1 fully saturated rings. The summed E-state index contributed by atoms with van der Waals surface area (Å²) < 4.78 is 0. The second kappa shape index (κ2) is 7.15. The number of nitrogens with one attached hydrogen (secondary N) is 1. The van der Waals surface area contributed by atoms with Crippen molar-refractivity contribution in [3.8, 4) is 0 Å². The van der Waals surface area contributed by atoms with Gasteiger partial charge in [-0.3, -0.25) is 9.69 Å². The molecule has 0 bridgehead atoms. The Morgan fingerprint density at radius 3 is 2.81 bits per heavy atom. The van der Waals surface area contributed by atoms with E-state index in [9.17, 15) is 14.7 Å². The fourth-order valence-corrected chi connectivity index (χ4v) is 2.93. The van der Waals surface area contributed by atoms with Gasteiger partial charge in [0.2, 0.25) is 0 Å². The summed E-state index contributed by atoms with van der Waals surface area (Å²) in [5.41, 5.74) is 0.507. The summed E-state index contributed by atoms with van der Waals surface area (Å²) in [7, 11) is 0. The SMILES string of the molecule is CSCC[C@@H]1NC(=O)N(C[C@@H](O)c2ccccc2Cl)C1=O. The molecule has 1 aromatic carbocycles. The number of carbonyl (C=O) groups is 2. The normalized spacial score (nSPS) is 19.8. The Kier molecular flexibility index (Phi) is 5.50. The van der Waals surface area contributed by atoms with Gasteiger partial charge in [0.15, 0.2) is 0 Å². The molecule has 21 heavy (non-hydrogen) atoms. The number of benzene rings is 1. The van der Waals surface area contributed by atoms with Gasteiger partial charge >= 0.3 is 6.03 Å². The number of amides is 3. The van der Waals surface area contributed by atoms with Crippen LogP contribution in [-0.4, -0.2) is 46.5 Å². The van der Waals surface area contributed by atoms with E-state index in [2.05, 4.69) is 5.32 Å². The molecule has 0 aromatic heterocycles. The first kappa shape index (κ1) is 16.1. The van der Waals surface area contributed by atoms with E-state index in [0.717, 1.165) is 10.7 Å². The number of thioether (sulfide) groups is 1. The predicted octanol–water partition coefficient (Wildman–Crippen LogP) is 2.05. The highest BCUT2D eigenvalue weighted by atomic mass is 35.5. The average Bonchev–Trinajstić information content (AvgIpc) is 2.73. The molecule has 1 aliphatic rings. The van der Waals surface area contributed by atoms with Crippen molar-refractivity contribution in [2.45, 2.75) is 18.6 Å². The van der Waals surface area contributed by atoms with E-state index in [1.165, 1.54) is 0 Å². The molecular formula is C14H17ClN2O3S. The Morgan fingerprint density at radius 2 is 2.14 bits per heavy atom. The van der Waals surface area contributed by atoms with Crippen molar-refractivity contribution in [3.05, 3.63) is 34.9 Å². The molecule has 1 saturated heterocycles. The zero-order valence-electron chi connectivity index (χ0n) is 11.6. The Hall–Kier alpha value is -1.24. The van der Waals surface area contributed by atoms with Crippen LogP contribution in [0.3, 0.4) is 0 Å². The molecule has 3 amide bonds. The number of carbonyl (C=O) groups excluding carboxylic acids is 2. The van der Waals surface area contributed by atoms with Crippen LogP contribution in [0.2, 0.25) is 5.02 Å². The highest BCUT2D eigenvalue weighted by Gasteiger charge is 2.38. The minimum atomic E-state index is -0.993. The highest BCUT2D eigenvalue weighted by molar-refractivity contribution is 7.98. The smallest absolute Gasteiger partial charge is 0.324 e. The Bertz CT molecular complexity index is 541. The van der Waals surface area contributed by atoms with Crippen molar-refractivity contribution >= 4 is 35.3 Å². The van der Waals surface area contributed by atoms with Gasteiger partial charge in [0.1, 0.15) is 6.04 Å². The summed E-state index contributed by atoms with van der Waals surface area (Å²) in [4.78, 5) is 25.1. The van der Waals surface area contributed by atoms with E-state index in [-0.39, 0.29) is 12.5 Å². The van der Waals surface area contributed by atoms with Gasteiger partial charge < -0.3 is 10.4 Å². The van der Waals surface area contributed by atoms with Gasteiger partial charge in [0, 0.05) is 10.6 Å². The van der Waals surface area contributed by atoms with Crippen LogP contribution in [0, 0.1) is 0 Å². The van der Waals surface area contributed by atoms with Crippen LogP contribution in [0.4, 0.5) is 4.79 Å². The maximum absolute atomic E-state index is 12.2. The van der Waals surface area contributed by atoms with E-state index in [1.54, 1.807) is 36.0 Å². The van der Waals surface area contributed by atoms with Crippen LogP contribution in [-0.2, 0) is 4.79 Å². The first-order valence-corrected chi connectivity index (χ1v) is 8.35. The van der Waals surface area contributed by atoms with E-state index in [1.807, 2.05) is 6.26 Å². The molecule has 2 rings (SSSR count). The van der Waals surface area contributed by atoms with E-state index in [4.69, 9.17) is 11.6 Å². The van der Waals surface area contributed by atoms with Crippen LogP contribution in [0.15, 0.2) is 24.3 Å². The lowest BCUT2D eigenvalue weighted by Crippen LogP contribution is -2.35. The third kappa shape index (κ3) is 3.70. The second-order valence-corrected chi connectivity index (χ2v) is 6.16. The van der Waals surface area contributed by atoms with Crippen molar-refractivity contribution in [2.75, 3.05) is 18.6 Å². The fraction of sp³-hybridized carbons (Fsp3) is 0.429. The first-order chi connectivity index (χ1) is 10.0. The maximum Gasteiger partial charge on any atom is 0.324 e.